The number of hydrogen-bond donors (Lipinski definition) is 3. The van der Waals surface area contributed by atoms with Gasteiger partial charge in [-0.15, -0.1) is 0 Å². The standard InChI is InChI=1S/C14H21N5O/c20-14(18-17-13-3-1-2-7-15-13)10-19-8-6-11-4-5-12(9-19)16-11/h1-3,7,11-12,16H,4-6,8-10H2,(H,15,17)(H,18,20). The summed E-state index contributed by atoms with van der Waals surface area (Å²) >= 11 is 0. The summed E-state index contributed by atoms with van der Waals surface area (Å²) in [6.45, 7) is 2.39. The van der Waals surface area contributed by atoms with Gasteiger partial charge in [0.1, 0.15) is 5.82 Å². The summed E-state index contributed by atoms with van der Waals surface area (Å²) in [5.74, 6) is 0.630. The number of pyridine rings is 1. The Kier molecular flexibility index (Phi) is 4.13. The average Bonchev–Trinajstić information content (AvgIpc) is 2.81. The molecule has 2 unspecified atom stereocenters. The largest absolute Gasteiger partial charge is 0.310 e. The Morgan fingerprint density at radius 1 is 1.35 bits per heavy atom. The lowest BCUT2D eigenvalue weighted by Crippen LogP contribution is -2.43. The van der Waals surface area contributed by atoms with Crippen LogP contribution in [0.2, 0.25) is 0 Å². The highest BCUT2D eigenvalue weighted by Gasteiger charge is 2.29. The minimum Gasteiger partial charge on any atom is -0.310 e. The zero-order chi connectivity index (χ0) is 13.8. The molecule has 2 atom stereocenters. The molecule has 0 spiro atoms. The van der Waals surface area contributed by atoms with E-state index in [9.17, 15) is 4.79 Å². The van der Waals surface area contributed by atoms with Crippen molar-refractivity contribution in [3.8, 4) is 0 Å². The maximum absolute atomic E-state index is 11.9. The van der Waals surface area contributed by atoms with Crippen LogP contribution in [0, 0.1) is 0 Å². The molecule has 2 bridgehead atoms. The highest BCUT2D eigenvalue weighted by Crippen LogP contribution is 2.19. The fourth-order valence-corrected chi connectivity index (χ4v) is 2.97. The third kappa shape index (κ3) is 3.46. The van der Waals surface area contributed by atoms with Gasteiger partial charge in [-0.3, -0.25) is 20.5 Å². The predicted octanol–water partition coefficient (Wildman–Crippen LogP) is 0.351. The van der Waals surface area contributed by atoms with E-state index >= 15 is 0 Å². The van der Waals surface area contributed by atoms with Crippen molar-refractivity contribution >= 4 is 11.7 Å². The van der Waals surface area contributed by atoms with Crippen LogP contribution in [0.5, 0.6) is 0 Å². The molecular weight excluding hydrogens is 254 g/mol. The summed E-state index contributed by atoms with van der Waals surface area (Å²) in [6.07, 6.45) is 5.34. The van der Waals surface area contributed by atoms with Crippen molar-refractivity contribution < 1.29 is 4.79 Å². The first-order valence-electron chi connectivity index (χ1n) is 7.24. The molecule has 2 saturated heterocycles. The first-order valence-corrected chi connectivity index (χ1v) is 7.24. The van der Waals surface area contributed by atoms with Crippen LogP contribution in [-0.2, 0) is 4.79 Å². The Balaban J connectivity index is 1.44. The molecule has 0 aromatic carbocycles. The van der Waals surface area contributed by atoms with Crippen LogP contribution in [-0.4, -0.2) is 47.5 Å². The summed E-state index contributed by atoms with van der Waals surface area (Å²) in [6, 6.07) is 6.74. The zero-order valence-electron chi connectivity index (χ0n) is 11.5. The molecule has 3 rings (SSSR count). The van der Waals surface area contributed by atoms with E-state index in [-0.39, 0.29) is 5.91 Å². The van der Waals surface area contributed by atoms with Gasteiger partial charge >= 0.3 is 0 Å². The number of carbonyl (C=O) groups excluding carboxylic acids is 1. The number of fused-ring (bicyclic) bond motifs is 2. The number of nitrogens with zero attached hydrogens (tertiary/aromatic N) is 2. The second-order valence-electron chi connectivity index (χ2n) is 5.55. The number of carbonyl (C=O) groups is 1. The van der Waals surface area contributed by atoms with Gasteiger partial charge < -0.3 is 5.32 Å². The Hall–Kier alpha value is -1.66. The Labute approximate surface area is 118 Å². The van der Waals surface area contributed by atoms with E-state index in [4.69, 9.17) is 0 Å². The van der Waals surface area contributed by atoms with Gasteiger partial charge in [-0.1, -0.05) is 6.07 Å². The summed E-state index contributed by atoms with van der Waals surface area (Å²) < 4.78 is 0. The van der Waals surface area contributed by atoms with Crippen LogP contribution < -0.4 is 16.2 Å². The number of aromatic nitrogens is 1. The van der Waals surface area contributed by atoms with Gasteiger partial charge in [-0.05, 0) is 31.4 Å². The van der Waals surface area contributed by atoms with Crippen LogP contribution in [0.15, 0.2) is 24.4 Å². The van der Waals surface area contributed by atoms with Crippen molar-refractivity contribution in [2.45, 2.75) is 31.3 Å². The monoisotopic (exact) mass is 275 g/mol. The number of nitrogens with one attached hydrogen (secondary N) is 3. The van der Waals surface area contributed by atoms with E-state index in [1.807, 2.05) is 18.2 Å². The van der Waals surface area contributed by atoms with Gasteiger partial charge in [0.05, 0.1) is 6.54 Å². The van der Waals surface area contributed by atoms with E-state index in [1.165, 1.54) is 12.8 Å². The molecule has 0 saturated carbocycles. The topological polar surface area (TPSA) is 69.3 Å². The number of anilines is 1. The van der Waals surface area contributed by atoms with E-state index in [2.05, 4.69) is 26.1 Å². The Bertz CT molecular complexity index is 452. The molecule has 6 heteroatoms. The maximum Gasteiger partial charge on any atom is 0.252 e. The smallest absolute Gasteiger partial charge is 0.252 e. The molecular formula is C14H21N5O. The van der Waals surface area contributed by atoms with Crippen molar-refractivity contribution in [2.75, 3.05) is 25.1 Å². The van der Waals surface area contributed by atoms with Gasteiger partial charge in [-0.2, -0.15) is 0 Å². The maximum atomic E-state index is 11.9. The summed E-state index contributed by atoms with van der Waals surface area (Å²) in [5, 5.41) is 3.61. The van der Waals surface area contributed by atoms with Gasteiger partial charge in [0.15, 0.2) is 0 Å². The molecule has 3 N–H and O–H groups in total. The lowest BCUT2D eigenvalue weighted by atomic mass is 10.1. The molecule has 1 amide bonds. The lowest BCUT2D eigenvalue weighted by molar-refractivity contribution is -0.121. The van der Waals surface area contributed by atoms with Crippen LogP contribution >= 0.6 is 0 Å². The zero-order valence-corrected chi connectivity index (χ0v) is 11.5. The van der Waals surface area contributed by atoms with Crippen LogP contribution in [0.4, 0.5) is 5.82 Å². The Morgan fingerprint density at radius 3 is 3.10 bits per heavy atom. The molecule has 2 aliphatic heterocycles. The Morgan fingerprint density at radius 2 is 2.25 bits per heavy atom. The molecule has 3 heterocycles. The predicted molar refractivity (Wildman–Crippen MR) is 77.0 cm³/mol. The van der Waals surface area contributed by atoms with Gasteiger partial charge in [0.25, 0.3) is 5.91 Å². The van der Waals surface area contributed by atoms with Crippen molar-refractivity contribution in [3.63, 3.8) is 0 Å². The normalized spacial score (nSPS) is 26.0. The number of hydrogen-bond acceptors (Lipinski definition) is 5. The highest BCUT2D eigenvalue weighted by molar-refractivity contribution is 5.79. The second-order valence-corrected chi connectivity index (χ2v) is 5.55. The molecule has 1 aromatic rings. The van der Waals surface area contributed by atoms with Crippen molar-refractivity contribution in [2.24, 2.45) is 0 Å². The van der Waals surface area contributed by atoms with Crippen LogP contribution in [0.3, 0.4) is 0 Å². The average molecular weight is 275 g/mol. The third-order valence-electron chi connectivity index (χ3n) is 3.97. The van der Waals surface area contributed by atoms with Crippen LogP contribution in [0.25, 0.3) is 0 Å². The fraction of sp³-hybridized carbons (Fsp3) is 0.571. The van der Waals surface area contributed by atoms with Crippen LogP contribution in [0.1, 0.15) is 19.3 Å². The first-order chi connectivity index (χ1) is 9.79. The number of rotatable bonds is 4. The molecule has 0 aliphatic carbocycles. The first kappa shape index (κ1) is 13.3. The second kappa shape index (κ2) is 6.19. The summed E-state index contributed by atoms with van der Waals surface area (Å²) in [5.41, 5.74) is 5.53. The fourth-order valence-electron chi connectivity index (χ4n) is 2.97. The third-order valence-corrected chi connectivity index (χ3v) is 3.97. The molecule has 0 radical (unpaired) electrons. The van der Waals surface area contributed by atoms with E-state index in [0.717, 1.165) is 19.5 Å². The van der Waals surface area contributed by atoms with E-state index in [1.54, 1.807) is 6.20 Å². The lowest BCUT2D eigenvalue weighted by Gasteiger charge is -2.23. The SMILES string of the molecule is O=C(CN1CCC2CCC(C1)N2)NNc1ccccn1. The summed E-state index contributed by atoms with van der Waals surface area (Å²) in [4.78, 5) is 18.3. The molecule has 2 aliphatic rings. The van der Waals surface area contributed by atoms with Gasteiger partial charge in [0.2, 0.25) is 0 Å². The molecule has 6 nitrogen and oxygen atoms in total. The number of hydrazine groups is 1. The summed E-state index contributed by atoms with van der Waals surface area (Å²) in [7, 11) is 0. The molecule has 1 aromatic heterocycles. The molecule has 2 fully saturated rings. The van der Waals surface area contributed by atoms with Gasteiger partial charge in [0, 0.05) is 31.4 Å². The minimum atomic E-state index is -0.0200. The number of amides is 1. The quantitative estimate of drug-likeness (QED) is 0.692. The van der Waals surface area contributed by atoms with Crippen molar-refractivity contribution in [1.82, 2.24) is 20.6 Å². The number of likely N-dealkylation sites (tertiary alicyclic amines) is 1. The van der Waals surface area contributed by atoms with Gasteiger partial charge in [-0.25, -0.2) is 4.98 Å². The molecule has 108 valence electrons. The van der Waals surface area contributed by atoms with Crippen molar-refractivity contribution in [3.05, 3.63) is 24.4 Å². The van der Waals surface area contributed by atoms with Crippen molar-refractivity contribution in [1.29, 1.82) is 0 Å². The molecule has 20 heavy (non-hydrogen) atoms. The highest BCUT2D eigenvalue weighted by atomic mass is 16.2. The van der Waals surface area contributed by atoms with E-state index in [0.29, 0.717) is 24.4 Å². The minimum absolute atomic E-state index is 0.0200. The van der Waals surface area contributed by atoms with E-state index < -0.39 is 0 Å².